The predicted octanol–water partition coefficient (Wildman–Crippen LogP) is 5.46. The van der Waals surface area contributed by atoms with Crippen molar-refractivity contribution in [1.82, 2.24) is 10.9 Å². The predicted molar refractivity (Wildman–Crippen MR) is 123 cm³/mol. The molecule has 0 heterocycles. The molecule has 2 rings (SSSR count). The summed E-state index contributed by atoms with van der Waals surface area (Å²) in [6.45, 7) is 3.67. The highest BCUT2D eigenvalue weighted by molar-refractivity contribution is 6.38. The third-order valence-corrected chi connectivity index (χ3v) is 5.04. The molecule has 0 atom stereocenters. The summed E-state index contributed by atoms with van der Waals surface area (Å²) in [5, 5.41) is 9.73. The fraction of sp³-hybridized carbons (Fsp3) is 0.200. The van der Waals surface area contributed by atoms with Crippen LogP contribution in [0.1, 0.15) is 37.8 Å². The Kier molecular flexibility index (Phi) is 9.11. The van der Waals surface area contributed by atoms with Crippen LogP contribution in [-0.2, 0) is 9.59 Å². The topological polar surface area (TPSA) is 82.9 Å². The van der Waals surface area contributed by atoms with Crippen molar-refractivity contribution in [3.05, 3.63) is 67.6 Å². The van der Waals surface area contributed by atoms with Crippen LogP contribution in [0.15, 0.2) is 46.6 Å². The lowest BCUT2D eigenvalue weighted by atomic mass is 10.1. The lowest BCUT2D eigenvalue weighted by Crippen LogP contribution is -2.36. The number of hydrogen-bond donors (Lipinski definition) is 2. The summed E-state index contributed by atoms with van der Waals surface area (Å²) in [6, 6.07) is 9.83. The van der Waals surface area contributed by atoms with E-state index in [0.717, 1.165) is 0 Å². The van der Waals surface area contributed by atoms with Crippen molar-refractivity contribution in [1.29, 1.82) is 0 Å². The zero-order valence-electron chi connectivity index (χ0n) is 16.1. The van der Waals surface area contributed by atoms with E-state index in [-0.39, 0.29) is 0 Å². The lowest BCUT2D eigenvalue weighted by molar-refractivity contribution is -0.139. The van der Waals surface area contributed by atoms with Gasteiger partial charge in [0.1, 0.15) is 0 Å². The van der Waals surface area contributed by atoms with Crippen LogP contribution in [0.5, 0.6) is 0 Å². The van der Waals surface area contributed by atoms with Crippen LogP contribution in [-0.4, -0.2) is 23.2 Å². The van der Waals surface area contributed by atoms with E-state index < -0.39 is 11.8 Å². The molecule has 158 valence electrons. The second-order valence-corrected chi connectivity index (χ2v) is 7.64. The number of amides is 2. The zero-order chi connectivity index (χ0) is 22.3. The number of rotatable bonds is 6. The first-order valence-electron chi connectivity index (χ1n) is 8.91. The minimum Gasteiger partial charge on any atom is -0.262 e. The van der Waals surface area contributed by atoms with Gasteiger partial charge in [-0.05, 0) is 37.1 Å². The third kappa shape index (κ3) is 6.44. The molecule has 0 fully saturated rings. The molecule has 2 N–H and O–H groups in total. The van der Waals surface area contributed by atoms with E-state index in [0.29, 0.717) is 55.5 Å². The molecule has 0 aromatic heterocycles. The highest BCUT2D eigenvalue weighted by Crippen LogP contribution is 2.23. The van der Waals surface area contributed by atoms with E-state index >= 15 is 0 Å². The summed E-state index contributed by atoms with van der Waals surface area (Å²) in [7, 11) is 0. The summed E-state index contributed by atoms with van der Waals surface area (Å²) in [5.74, 6) is -1.96. The molecule has 10 heteroatoms. The number of hydrogen-bond acceptors (Lipinski definition) is 4. The van der Waals surface area contributed by atoms with Crippen molar-refractivity contribution in [3.8, 4) is 0 Å². The monoisotopic (exact) mass is 486 g/mol. The third-order valence-electron chi connectivity index (χ3n) is 3.94. The van der Waals surface area contributed by atoms with Crippen LogP contribution < -0.4 is 10.9 Å². The summed E-state index contributed by atoms with van der Waals surface area (Å²) < 4.78 is 0. The van der Waals surface area contributed by atoms with Crippen molar-refractivity contribution in [2.75, 3.05) is 0 Å². The molecule has 0 bridgehead atoms. The van der Waals surface area contributed by atoms with Gasteiger partial charge in [0.25, 0.3) is 0 Å². The number of nitrogens with one attached hydrogen (secondary N) is 2. The van der Waals surface area contributed by atoms with E-state index in [1.54, 1.807) is 36.4 Å². The Labute approximate surface area is 194 Å². The molecule has 6 nitrogen and oxygen atoms in total. The van der Waals surface area contributed by atoms with Crippen molar-refractivity contribution >= 4 is 69.6 Å². The minimum atomic E-state index is -0.979. The van der Waals surface area contributed by atoms with Crippen molar-refractivity contribution in [2.24, 2.45) is 10.2 Å². The van der Waals surface area contributed by atoms with Crippen LogP contribution in [0.4, 0.5) is 0 Å². The molecule has 2 aromatic rings. The Morgan fingerprint density at radius 3 is 1.40 bits per heavy atom. The maximum absolute atomic E-state index is 12.1. The van der Waals surface area contributed by atoms with Crippen LogP contribution >= 0.6 is 46.4 Å². The number of carbonyl (C=O) groups is 2. The minimum absolute atomic E-state index is 0.388. The van der Waals surface area contributed by atoms with Crippen LogP contribution in [0.3, 0.4) is 0 Å². The SMILES string of the molecule is CCC(=NNC(=O)C(=O)NN=C(CC)c1ccc(Cl)cc1Cl)c1ccc(Cl)cc1Cl. The van der Waals surface area contributed by atoms with Gasteiger partial charge >= 0.3 is 11.8 Å². The summed E-state index contributed by atoms with van der Waals surface area (Å²) >= 11 is 24.1. The number of halogens is 4. The number of carbonyl (C=O) groups excluding carboxylic acids is 2. The molecule has 2 amide bonds. The summed E-state index contributed by atoms with van der Waals surface area (Å²) in [6.07, 6.45) is 0.937. The van der Waals surface area contributed by atoms with Crippen LogP contribution in [0.2, 0.25) is 20.1 Å². The van der Waals surface area contributed by atoms with Gasteiger partial charge in [-0.3, -0.25) is 9.59 Å². The normalized spacial score (nSPS) is 11.9. The Morgan fingerprint density at radius 2 is 1.10 bits per heavy atom. The van der Waals surface area contributed by atoms with Gasteiger partial charge in [0.15, 0.2) is 0 Å². The van der Waals surface area contributed by atoms with E-state index in [1.807, 2.05) is 13.8 Å². The summed E-state index contributed by atoms with van der Waals surface area (Å²) in [4.78, 5) is 24.2. The van der Waals surface area contributed by atoms with Gasteiger partial charge in [0.2, 0.25) is 0 Å². The van der Waals surface area contributed by atoms with Gasteiger partial charge in [0.05, 0.1) is 21.5 Å². The average Bonchev–Trinajstić information content (AvgIpc) is 2.70. The highest BCUT2D eigenvalue weighted by atomic mass is 35.5. The maximum atomic E-state index is 12.1. The van der Waals surface area contributed by atoms with Gasteiger partial charge in [-0.2, -0.15) is 10.2 Å². The Bertz CT molecular complexity index is 940. The molecule has 2 aromatic carbocycles. The van der Waals surface area contributed by atoms with Crippen LogP contribution in [0, 0.1) is 0 Å². The number of benzene rings is 2. The number of hydrazone groups is 2. The van der Waals surface area contributed by atoms with Crippen molar-refractivity contribution in [2.45, 2.75) is 26.7 Å². The second kappa shape index (κ2) is 11.3. The van der Waals surface area contributed by atoms with Crippen LogP contribution in [0.25, 0.3) is 0 Å². The molecular weight excluding hydrogens is 470 g/mol. The van der Waals surface area contributed by atoms with E-state index in [2.05, 4.69) is 21.1 Å². The fourth-order valence-electron chi connectivity index (χ4n) is 2.44. The van der Waals surface area contributed by atoms with Gasteiger partial charge in [0, 0.05) is 21.2 Å². The molecule has 0 aliphatic carbocycles. The molecule has 0 spiro atoms. The Morgan fingerprint density at radius 1 is 0.733 bits per heavy atom. The first-order chi connectivity index (χ1) is 14.3. The molecule has 0 aliphatic heterocycles. The molecule has 0 saturated carbocycles. The van der Waals surface area contributed by atoms with Gasteiger partial charge in [-0.25, -0.2) is 10.9 Å². The quantitative estimate of drug-likeness (QED) is 0.322. The Balaban J connectivity index is 2.10. The first-order valence-corrected chi connectivity index (χ1v) is 10.4. The maximum Gasteiger partial charge on any atom is 0.331 e. The molecule has 0 radical (unpaired) electrons. The summed E-state index contributed by atoms with van der Waals surface area (Å²) in [5.41, 5.74) is 6.60. The van der Waals surface area contributed by atoms with Crippen molar-refractivity contribution in [3.63, 3.8) is 0 Å². The second-order valence-electron chi connectivity index (χ2n) is 5.95. The van der Waals surface area contributed by atoms with Gasteiger partial charge in [-0.1, -0.05) is 72.4 Å². The fourth-order valence-corrected chi connectivity index (χ4v) is 3.48. The number of nitrogens with zero attached hydrogens (tertiary/aromatic N) is 2. The molecule has 30 heavy (non-hydrogen) atoms. The highest BCUT2D eigenvalue weighted by Gasteiger charge is 2.15. The van der Waals surface area contributed by atoms with E-state index in [9.17, 15) is 9.59 Å². The Hall–Kier alpha value is -2.12. The largest absolute Gasteiger partial charge is 0.331 e. The zero-order valence-corrected chi connectivity index (χ0v) is 19.1. The van der Waals surface area contributed by atoms with E-state index in [1.165, 1.54) is 0 Å². The van der Waals surface area contributed by atoms with Crippen molar-refractivity contribution < 1.29 is 9.59 Å². The van der Waals surface area contributed by atoms with Gasteiger partial charge < -0.3 is 0 Å². The average molecular weight is 488 g/mol. The molecule has 0 unspecified atom stereocenters. The molecular formula is C20H18Cl4N4O2. The molecule has 0 aliphatic rings. The van der Waals surface area contributed by atoms with Gasteiger partial charge in [-0.15, -0.1) is 0 Å². The standard InChI is InChI=1S/C20H18Cl4N4O2/c1-3-17(13-7-5-11(21)9-15(13)23)25-27-19(29)20(30)28-26-18(4-2)14-8-6-12(22)10-16(14)24/h5-10H,3-4H2,1-2H3,(H,27,29)(H,28,30). The smallest absolute Gasteiger partial charge is 0.262 e. The first kappa shape index (κ1) is 24.2. The molecule has 0 saturated heterocycles. The van der Waals surface area contributed by atoms with E-state index in [4.69, 9.17) is 46.4 Å². The lowest BCUT2D eigenvalue weighted by Gasteiger charge is -2.08.